The lowest BCUT2D eigenvalue weighted by molar-refractivity contribution is -0.136. The molecule has 0 aliphatic carbocycles. The second-order valence-electron chi connectivity index (χ2n) is 2.66. The largest absolute Gasteiger partial charge is 0.481 e. The number of aliphatic hydroxyl groups is 1. The number of aliphatic hydroxyl groups excluding tert-OH is 1. The van der Waals surface area contributed by atoms with Crippen LogP contribution >= 0.6 is 0 Å². The lowest BCUT2D eigenvalue weighted by Gasteiger charge is -2.06. The van der Waals surface area contributed by atoms with Gasteiger partial charge in [0, 0.05) is 6.54 Å². The summed E-state index contributed by atoms with van der Waals surface area (Å²) in [6.07, 6.45) is -1.21. The molecule has 0 aliphatic rings. The fourth-order valence-corrected chi connectivity index (χ4v) is 1.62. The molecule has 0 saturated carbocycles. The van der Waals surface area contributed by atoms with Gasteiger partial charge >= 0.3 is 5.97 Å². The Morgan fingerprint density at radius 1 is 1.54 bits per heavy atom. The summed E-state index contributed by atoms with van der Waals surface area (Å²) in [7, 11) is -3.56. The maximum atomic E-state index is 11.0. The third-order valence-electron chi connectivity index (χ3n) is 1.18. The molecule has 6 nitrogen and oxygen atoms in total. The van der Waals surface area contributed by atoms with Gasteiger partial charge in [-0.1, -0.05) is 0 Å². The molecule has 13 heavy (non-hydrogen) atoms. The van der Waals surface area contributed by atoms with E-state index in [0.717, 1.165) is 0 Å². The van der Waals surface area contributed by atoms with Gasteiger partial charge in [0.2, 0.25) is 10.0 Å². The van der Waals surface area contributed by atoms with Gasteiger partial charge in [-0.3, -0.25) is 4.79 Å². The van der Waals surface area contributed by atoms with Crippen molar-refractivity contribution in [1.82, 2.24) is 4.72 Å². The molecule has 0 spiro atoms. The van der Waals surface area contributed by atoms with Gasteiger partial charge < -0.3 is 10.2 Å². The molecule has 0 heterocycles. The molecule has 1 unspecified atom stereocenters. The lowest BCUT2D eigenvalue weighted by Crippen LogP contribution is -2.33. The first-order valence-electron chi connectivity index (χ1n) is 3.70. The maximum absolute atomic E-state index is 11.0. The molecular formula is C6H13NO5S. The molecule has 0 aromatic carbocycles. The Bertz CT molecular complexity index is 258. The van der Waals surface area contributed by atoms with Crippen molar-refractivity contribution in [1.29, 1.82) is 0 Å². The van der Waals surface area contributed by atoms with E-state index in [4.69, 9.17) is 10.2 Å². The van der Waals surface area contributed by atoms with Crippen LogP contribution in [0, 0.1) is 0 Å². The Morgan fingerprint density at radius 2 is 2.08 bits per heavy atom. The molecule has 0 fully saturated rings. The van der Waals surface area contributed by atoms with Crippen LogP contribution in [0.1, 0.15) is 13.3 Å². The van der Waals surface area contributed by atoms with E-state index in [2.05, 4.69) is 4.72 Å². The van der Waals surface area contributed by atoms with Crippen LogP contribution in [0.25, 0.3) is 0 Å². The maximum Gasteiger partial charge on any atom is 0.304 e. The van der Waals surface area contributed by atoms with Crippen LogP contribution in [0.2, 0.25) is 0 Å². The van der Waals surface area contributed by atoms with Gasteiger partial charge in [-0.05, 0) is 6.92 Å². The zero-order valence-corrected chi connectivity index (χ0v) is 8.04. The summed E-state index contributed by atoms with van der Waals surface area (Å²) in [5.41, 5.74) is 0. The van der Waals surface area contributed by atoms with Crippen molar-refractivity contribution in [3.05, 3.63) is 0 Å². The van der Waals surface area contributed by atoms with E-state index in [1.165, 1.54) is 6.92 Å². The van der Waals surface area contributed by atoms with Crippen LogP contribution in [0.15, 0.2) is 0 Å². The Morgan fingerprint density at radius 3 is 2.46 bits per heavy atom. The smallest absolute Gasteiger partial charge is 0.304 e. The highest BCUT2D eigenvalue weighted by atomic mass is 32.2. The number of sulfonamides is 1. The Hall–Kier alpha value is -0.660. The predicted octanol–water partition coefficient (Wildman–Crippen LogP) is -1.24. The molecule has 0 aromatic heterocycles. The topological polar surface area (TPSA) is 104 Å². The van der Waals surface area contributed by atoms with E-state index >= 15 is 0 Å². The van der Waals surface area contributed by atoms with Crippen molar-refractivity contribution in [3.8, 4) is 0 Å². The quantitative estimate of drug-likeness (QED) is 0.510. The molecule has 0 aromatic rings. The van der Waals surface area contributed by atoms with Crippen LogP contribution < -0.4 is 4.72 Å². The van der Waals surface area contributed by atoms with Crippen molar-refractivity contribution in [2.45, 2.75) is 19.4 Å². The summed E-state index contributed by atoms with van der Waals surface area (Å²) in [4.78, 5) is 10.0. The first-order valence-corrected chi connectivity index (χ1v) is 5.36. The monoisotopic (exact) mass is 211 g/mol. The fourth-order valence-electron chi connectivity index (χ4n) is 0.541. The summed E-state index contributed by atoms with van der Waals surface area (Å²) in [6.45, 7) is 1.33. The minimum atomic E-state index is -3.56. The molecule has 0 aliphatic heterocycles. The van der Waals surface area contributed by atoms with Gasteiger partial charge in [-0.15, -0.1) is 0 Å². The summed E-state index contributed by atoms with van der Waals surface area (Å²) in [5.74, 6) is -1.63. The van der Waals surface area contributed by atoms with Crippen molar-refractivity contribution < 1.29 is 23.4 Å². The highest BCUT2D eigenvalue weighted by Gasteiger charge is 2.12. The summed E-state index contributed by atoms with van der Waals surface area (Å²) < 4.78 is 24.0. The zero-order chi connectivity index (χ0) is 10.5. The van der Waals surface area contributed by atoms with Gasteiger partial charge in [0.15, 0.2) is 0 Å². The molecule has 0 radical (unpaired) electrons. The number of aliphatic carboxylic acids is 1. The van der Waals surface area contributed by atoms with Crippen molar-refractivity contribution in [3.63, 3.8) is 0 Å². The van der Waals surface area contributed by atoms with Crippen LogP contribution in [0.4, 0.5) is 0 Å². The number of carbonyl (C=O) groups is 1. The van der Waals surface area contributed by atoms with Crippen molar-refractivity contribution in [2.75, 3.05) is 12.3 Å². The normalized spacial score (nSPS) is 14.0. The number of hydrogen-bond donors (Lipinski definition) is 3. The third kappa shape index (κ3) is 7.69. The van der Waals surface area contributed by atoms with Crippen molar-refractivity contribution >= 4 is 16.0 Å². The molecule has 7 heteroatoms. The predicted molar refractivity (Wildman–Crippen MR) is 45.7 cm³/mol. The van der Waals surface area contributed by atoms with Gasteiger partial charge in [-0.2, -0.15) is 0 Å². The summed E-state index contributed by atoms with van der Waals surface area (Å²) >= 11 is 0. The van der Waals surface area contributed by atoms with Crippen LogP contribution in [0.3, 0.4) is 0 Å². The highest BCUT2D eigenvalue weighted by molar-refractivity contribution is 7.89. The number of rotatable bonds is 6. The Kier molecular flexibility index (Phi) is 4.89. The summed E-state index contributed by atoms with van der Waals surface area (Å²) in [5, 5.41) is 17.0. The molecule has 0 saturated heterocycles. The molecular weight excluding hydrogens is 198 g/mol. The number of nitrogens with one attached hydrogen (secondary N) is 1. The van der Waals surface area contributed by atoms with Gasteiger partial charge in [0.05, 0.1) is 18.3 Å². The van der Waals surface area contributed by atoms with Crippen LogP contribution in [-0.4, -0.2) is 43.0 Å². The zero-order valence-electron chi connectivity index (χ0n) is 7.23. The second kappa shape index (κ2) is 5.15. The minimum absolute atomic E-state index is 0.0953. The number of carboxylic acids is 1. The van der Waals surface area contributed by atoms with Crippen LogP contribution in [-0.2, 0) is 14.8 Å². The fraction of sp³-hybridized carbons (Fsp3) is 0.833. The average molecular weight is 211 g/mol. The molecule has 0 rings (SSSR count). The average Bonchev–Trinajstić information content (AvgIpc) is 1.98. The van der Waals surface area contributed by atoms with Gasteiger partial charge in [0.25, 0.3) is 0 Å². The molecule has 3 N–H and O–H groups in total. The third-order valence-corrected chi connectivity index (χ3v) is 2.53. The van der Waals surface area contributed by atoms with E-state index in [9.17, 15) is 13.2 Å². The molecule has 78 valence electrons. The Labute approximate surface area is 76.6 Å². The first-order chi connectivity index (χ1) is 5.83. The standard InChI is InChI=1S/C6H13NO5S/c1-5(8)4-7-13(11,12)3-2-6(9)10/h5,7-8H,2-4H2,1H3,(H,9,10). The molecule has 0 bridgehead atoms. The SMILES string of the molecule is CC(O)CNS(=O)(=O)CCC(=O)O. The highest BCUT2D eigenvalue weighted by Crippen LogP contribution is 1.90. The van der Waals surface area contributed by atoms with E-state index in [1.807, 2.05) is 0 Å². The minimum Gasteiger partial charge on any atom is -0.481 e. The van der Waals surface area contributed by atoms with E-state index in [1.54, 1.807) is 0 Å². The number of hydrogen-bond acceptors (Lipinski definition) is 4. The summed E-state index contributed by atoms with van der Waals surface area (Å²) in [6, 6.07) is 0. The first kappa shape index (κ1) is 12.3. The van der Waals surface area contributed by atoms with E-state index < -0.39 is 34.3 Å². The second-order valence-corrected chi connectivity index (χ2v) is 4.59. The Balaban J connectivity index is 3.88. The van der Waals surface area contributed by atoms with Gasteiger partial charge in [-0.25, -0.2) is 13.1 Å². The van der Waals surface area contributed by atoms with Crippen molar-refractivity contribution in [2.24, 2.45) is 0 Å². The molecule has 1 atom stereocenters. The van der Waals surface area contributed by atoms with E-state index in [-0.39, 0.29) is 6.54 Å². The van der Waals surface area contributed by atoms with E-state index in [0.29, 0.717) is 0 Å². The lowest BCUT2D eigenvalue weighted by atomic mass is 10.4. The molecule has 0 amide bonds. The van der Waals surface area contributed by atoms with Gasteiger partial charge in [0.1, 0.15) is 0 Å². The number of carboxylic acid groups (broad SMARTS) is 1. The van der Waals surface area contributed by atoms with Crippen LogP contribution in [0.5, 0.6) is 0 Å².